The number of nitrogens with zero attached hydrogens (tertiary/aromatic N) is 4. The summed E-state index contributed by atoms with van der Waals surface area (Å²) >= 11 is 1.30. The zero-order valence-electron chi connectivity index (χ0n) is 18.9. The number of nitrogens with one attached hydrogen (secondary N) is 2. The molecule has 0 aliphatic heterocycles. The molecule has 0 radical (unpaired) electrons. The number of anilines is 1. The number of carbonyl (C=O) groups excluding carboxylic acids is 1. The van der Waals surface area contributed by atoms with Gasteiger partial charge in [0.15, 0.2) is 5.13 Å². The maximum absolute atomic E-state index is 13.4. The Bertz CT molecular complexity index is 1400. The molecule has 2 N–H and O–H groups in total. The number of unbranched alkanes of at least 4 members (excludes halogenated alkanes) is 5. The fourth-order valence-corrected chi connectivity index (χ4v) is 4.51. The lowest BCUT2D eigenvalue weighted by Crippen LogP contribution is -2.32. The molecule has 172 valence electrons. The molecule has 4 heterocycles. The average Bonchev–Trinajstić information content (AvgIpc) is 3.31. The van der Waals surface area contributed by atoms with E-state index in [9.17, 15) is 9.59 Å². The Kier molecular flexibility index (Phi) is 6.98. The van der Waals surface area contributed by atoms with Crippen LogP contribution < -0.4 is 16.4 Å². The highest BCUT2D eigenvalue weighted by Crippen LogP contribution is 2.16. The minimum Gasteiger partial charge on any atom is -0.310 e. The number of fused-ring (bicyclic) bond motifs is 2. The molecule has 0 spiro atoms. The third-order valence-electron chi connectivity index (χ3n) is 5.77. The quantitative estimate of drug-likeness (QED) is 0.281. The van der Waals surface area contributed by atoms with Gasteiger partial charge in [-0.1, -0.05) is 45.1 Å². The molecule has 0 fully saturated rings. The van der Waals surface area contributed by atoms with Crippen molar-refractivity contribution in [2.75, 3.05) is 5.32 Å². The van der Waals surface area contributed by atoms with Crippen LogP contribution in [0.15, 0.2) is 40.8 Å². The standard InChI is InChI=1S/C24H28N6O2S/c1-3-4-5-6-7-8-12-29-19(25)17(22(31)28-24-26-11-14-33-24)15-18-21(29)27-20-16(2)10-9-13-30(20)23(18)32/h9-11,13-15,25H,3-8,12H2,1-2H3,(H,26,28,31). The van der Waals surface area contributed by atoms with Crippen molar-refractivity contribution in [3.63, 3.8) is 0 Å². The van der Waals surface area contributed by atoms with Gasteiger partial charge in [-0.2, -0.15) is 0 Å². The van der Waals surface area contributed by atoms with Crippen LogP contribution in [0.2, 0.25) is 0 Å². The minimum atomic E-state index is -0.456. The van der Waals surface area contributed by atoms with Gasteiger partial charge >= 0.3 is 0 Å². The predicted molar refractivity (Wildman–Crippen MR) is 131 cm³/mol. The summed E-state index contributed by atoms with van der Waals surface area (Å²) in [6.45, 7) is 4.62. The number of aromatic nitrogens is 4. The van der Waals surface area contributed by atoms with E-state index in [1.54, 1.807) is 28.4 Å². The predicted octanol–water partition coefficient (Wildman–Crippen LogP) is 4.51. The lowest BCUT2D eigenvalue weighted by Gasteiger charge is -2.15. The summed E-state index contributed by atoms with van der Waals surface area (Å²) in [7, 11) is 0. The second-order valence-corrected chi connectivity index (χ2v) is 9.05. The van der Waals surface area contributed by atoms with Gasteiger partial charge in [-0.3, -0.25) is 24.7 Å². The average molecular weight is 465 g/mol. The van der Waals surface area contributed by atoms with E-state index < -0.39 is 5.91 Å². The second kappa shape index (κ2) is 10.1. The molecule has 0 atom stereocenters. The zero-order chi connectivity index (χ0) is 23.4. The molecule has 1 amide bonds. The van der Waals surface area contributed by atoms with Crippen LogP contribution in [0.5, 0.6) is 0 Å². The van der Waals surface area contributed by atoms with Crippen molar-refractivity contribution in [2.24, 2.45) is 0 Å². The Balaban J connectivity index is 1.81. The van der Waals surface area contributed by atoms with Crippen LogP contribution in [-0.2, 0) is 6.54 Å². The van der Waals surface area contributed by atoms with Crippen molar-refractivity contribution in [2.45, 2.75) is 58.9 Å². The van der Waals surface area contributed by atoms with Crippen molar-refractivity contribution in [1.29, 1.82) is 5.41 Å². The van der Waals surface area contributed by atoms with Gasteiger partial charge in [0.25, 0.3) is 11.5 Å². The van der Waals surface area contributed by atoms with Gasteiger partial charge < -0.3 is 4.57 Å². The molecule has 4 aromatic heterocycles. The van der Waals surface area contributed by atoms with Gasteiger partial charge in [0.2, 0.25) is 0 Å². The van der Waals surface area contributed by atoms with Gasteiger partial charge in [-0.05, 0) is 31.0 Å². The SMILES string of the molecule is CCCCCCCCn1c(=N)c(C(=O)Nc2nccs2)cc2c(=O)n3cccc(C)c3nc21. The molecule has 0 aliphatic carbocycles. The Morgan fingerprint density at radius 3 is 2.73 bits per heavy atom. The molecule has 8 nitrogen and oxygen atoms in total. The summed E-state index contributed by atoms with van der Waals surface area (Å²) < 4.78 is 3.21. The Hall–Kier alpha value is -3.33. The highest BCUT2D eigenvalue weighted by Gasteiger charge is 2.18. The van der Waals surface area contributed by atoms with Crippen LogP contribution in [0.4, 0.5) is 5.13 Å². The number of hydrogen-bond acceptors (Lipinski definition) is 6. The largest absolute Gasteiger partial charge is 0.310 e. The lowest BCUT2D eigenvalue weighted by atomic mass is 10.1. The monoisotopic (exact) mass is 464 g/mol. The van der Waals surface area contributed by atoms with Crippen molar-refractivity contribution < 1.29 is 4.79 Å². The molecule has 0 aliphatic rings. The van der Waals surface area contributed by atoms with E-state index >= 15 is 0 Å². The van der Waals surface area contributed by atoms with Gasteiger partial charge in [-0.15, -0.1) is 11.3 Å². The topological polar surface area (TPSA) is 105 Å². The van der Waals surface area contributed by atoms with Crippen LogP contribution in [0.25, 0.3) is 16.7 Å². The van der Waals surface area contributed by atoms with Crippen LogP contribution >= 0.6 is 11.3 Å². The van der Waals surface area contributed by atoms with Gasteiger partial charge in [-0.25, -0.2) is 9.97 Å². The molecule has 9 heteroatoms. The number of rotatable bonds is 9. The van der Waals surface area contributed by atoms with Gasteiger partial charge in [0.05, 0.1) is 10.9 Å². The maximum atomic E-state index is 13.4. The third-order valence-corrected chi connectivity index (χ3v) is 6.45. The smallest absolute Gasteiger partial charge is 0.267 e. The molecular formula is C24H28N6O2S. The van der Waals surface area contributed by atoms with Gasteiger partial charge in [0, 0.05) is 24.3 Å². The first-order valence-corrected chi connectivity index (χ1v) is 12.2. The normalized spacial score (nSPS) is 11.3. The number of amides is 1. The number of carbonyl (C=O) groups is 1. The molecular weight excluding hydrogens is 436 g/mol. The molecule has 0 saturated heterocycles. The molecule has 4 rings (SSSR count). The Morgan fingerprint density at radius 1 is 1.18 bits per heavy atom. The molecule has 0 aromatic carbocycles. The molecule has 0 bridgehead atoms. The summed E-state index contributed by atoms with van der Waals surface area (Å²) in [5.41, 5.74) is 1.81. The fourth-order valence-electron chi connectivity index (χ4n) is 3.99. The molecule has 33 heavy (non-hydrogen) atoms. The first-order valence-electron chi connectivity index (χ1n) is 11.3. The van der Waals surface area contributed by atoms with Gasteiger partial charge in [0.1, 0.15) is 16.8 Å². The summed E-state index contributed by atoms with van der Waals surface area (Å²) in [5, 5.41) is 14.1. The van der Waals surface area contributed by atoms with Crippen LogP contribution in [0, 0.1) is 12.3 Å². The minimum absolute atomic E-state index is 0.0509. The van der Waals surface area contributed by atoms with E-state index in [4.69, 9.17) is 10.4 Å². The molecule has 4 aromatic rings. The van der Waals surface area contributed by atoms with Crippen LogP contribution in [-0.4, -0.2) is 24.8 Å². The summed E-state index contributed by atoms with van der Waals surface area (Å²) in [6.07, 6.45) is 9.88. The molecule has 0 unspecified atom stereocenters. The van der Waals surface area contributed by atoms with Crippen molar-refractivity contribution in [3.05, 3.63) is 62.9 Å². The van der Waals surface area contributed by atoms with E-state index in [0.29, 0.717) is 28.4 Å². The van der Waals surface area contributed by atoms with E-state index in [0.717, 1.165) is 24.8 Å². The first kappa shape index (κ1) is 22.8. The first-order chi connectivity index (χ1) is 16.0. The number of thiazole rings is 1. The van der Waals surface area contributed by atoms with Crippen LogP contribution in [0.1, 0.15) is 61.4 Å². The van der Waals surface area contributed by atoms with Crippen molar-refractivity contribution in [3.8, 4) is 0 Å². The van der Waals surface area contributed by atoms with Crippen molar-refractivity contribution >= 4 is 39.1 Å². The number of aryl methyl sites for hydroxylation is 2. The lowest BCUT2D eigenvalue weighted by molar-refractivity contribution is 0.102. The van der Waals surface area contributed by atoms with E-state index in [-0.39, 0.29) is 16.6 Å². The summed E-state index contributed by atoms with van der Waals surface area (Å²) in [4.78, 5) is 35.2. The van der Waals surface area contributed by atoms with Crippen LogP contribution in [0.3, 0.4) is 0 Å². The highest BCUT2D eigenvalue weighted by molar-refractivity contribution is 7.13. The zero-order valence-corrected chi connectivity index (χ0v) is 19.7. The number of pyridine rings is 2. The highest BCUT2D eigenvalue weighted by atomic mass is 32.1. The van der Waals surface area contributed by atoms with E-state index in [2.05, 4.69) is 17.2 Å². The Morgan fingerprint density at radius 2 is 1.97 bits per heavy atom. The maximum Gasteiger partial charge on any atom is 0.267 e. The van der Waals surface area contributed by atoms with Crippen molar-refractivity contribution in [1.82, 2.24) is 18.9 Å². The number of hydrogen-bond donors (Lipinski definition) is 2. The van der Waals surface area contributed by atoms with E-state index in [1.807, 2.05) is 13.0 Å². The fraction of sp³-hybridized carbons (Fsp3) is 0.375. The Labute approximate surface area is 195 Å². The summed E-state index contributed by atoms with van der Waals surface area (Å²) in [6, 6.07) is 5.20. The molecule has 0 saturated carbocycles. The second-order valence-electron chi connectivity index (χ2n) is 8.16. The third kappa shape index (κ3) is 4.73. The summed E-state index contributed by atoms with van der Waals surface area (Å²) in [5.74, 6) is -0.456. The van der Waals surface area contributed by atoms with E-state index in [1.165, 1.54) is 41.1 Å².